The number of benzene rings is 2. The molecule has 0 aliphatic rings. The Balaban J connectivity index is 1.77. The van der Waals surface area contributed by atoms with Crippen LogP contribution in [0.4, 0.5) is 4.39 Å². The van der Waals surface area contributed by atoms with E-state index in [9.17, 15) is 9.18 Å². The van der Waals surface area contributed by atoms with Gasteiger partial charge < -0.3 is 9.72 Å². The van der Waals surface area contributed by atoms with E-state index in [2.05, 4.69) is 15.5 Å². The van der Waals surface area contributed by atoms with Gasteiger partial charge in [-0.2, -0.15) is 5.10 Å². The van der Waals surface area contributed by atoms with Crippen LogP contribution in [-0.4, -0.2) is 23.7 Å². The lowest BCUT2D eigenvalue weighted by molar-refractivity contribution is 0.0950. The first-order chi connectivity index (χ1) is 11.6. The van der Waals surface area contributed by atoms with Crippen molar-refractivity contribution in [2.45, 2.75) is 6.92 Å². The molecule has 122 valence electrons. The van der Waals surface area contributed by atoms with Crippen molar-refractivity contribution < 1.29 is 13.9 Å². The third-order valence-electron chi connectivity index (χ3n) is 3.66. The molecule has 0 saturated heterocycles. The Labute approximate surface area is 138 Å². The number of hydrogen-bond acceptors (Lipinski definition) is 3. The monoisotopic (exact) mass is 325 g/mol. The zero-order valence-corrected chi connectivity index (χ0v) is 13.3. The summed E-state index contributed by atoms with van der Waals surface area (Å²) in [5.41, 5.74) is 5.04. The Bertz CT molecular complexity index is 914. The van der Waals surface area contributed by atoms with Crippen molar-refractivity contribution in [3.63, 3.8) is 0 Å². The predicted molar refractivity (Wildman–Crippen MR) is 90.9 cm³/mol. The first kappa shape index (κ1) is 15.7. The number of ether oxygens (including phenoxy) is 1. The van der Waals surface area contributed by atoms with Crippen molar-refractivity contribution in [3.8, 4) is 5.75 Å². The highest BCUT2D eigenvalue weighted by atomic mass is 19.1. The maximum Gasteiger partial charge on any atom is 0.287 e. The lowest BCUT2D eigenvalue weighted by Crippen LogP contribution is -2.19. The summed E-state index contributed by atoms with van der Waals surface area (Å²) in [5, 5.41) is 4.93. The van der Waals surface area contributed by atoms with E-state index >= 15 is 0 Å². The molecule has 1 aromatic heterocycles. The lowest BCUT2D eigenvalue weighted by atomic mass is 10.1. The number of H-pyrrole nitrogens is 1. The highest BCUT2D eigenvalue weighted by Crippen LogP contribution is 2.21. The second kappa shape index (κ2) is 6.54. The summed E-state index contributed by atoms with van der Waals surface area (Å²) in [4.78, 5) is 15.2. The molecule has 0 fully saturated rings. The average molecular weight is 325 g/mol. The van der Waals surface area contributed by atoms with Crippen molar-refractivity contribution in [3.05, 3.63) is 65.6 Å². The number of nitrogens with zero attached hydrogens (tertiary/aromatic N) is 1. The highest BCUT2D eigenvalue weighted by molar-refractivity contribution is 6.01. The number of rotatable bonds is 4. The first-order valence-corrected chi connectivity index (χ1v) is 7.34. The van der Waals surface area contributed by atoms with E-state index in [0.717, 1.165) is 22.2 Å². The van der Waals surface area contributed by atoms with Crippen LogP contribution in [0.1, 0.15) is 23.0 Å². The molecule has 24 heavy (non-hydrogen) atoms. The van der Waals surface area contributed by atoms with Crippen molar-refractivity contribution in [1.82, 2.24) is 10.4 Å². The zero-order valence-electron chi connectivity index (χ0n) is 13.3. The second-order valence-corrected chi connectivity index (χ2v) is 5.28. The van der Waals surface area contributed by atoms with E-state index in [1.54, 1.807) is 32.2 Å². The maximum absolute atomic E-state index is 12.9. The van der Waals surface area contributed by atoms with Crippen LogP contribution in [0, 0.1) is 5.82 Å². The Morgan fingerprint density at radius 3 is 2.62 bits per heavy atom. The van der Waals surface area contributed by atoms with E-state index < -0.39 is 0 Å². The summed E-state index contributed by atoms with van der Waals surface area (Å²) in [6, 6.07) is 13.1. The van der Waals surface area contributed by atoms with E-state index in [1.807, 2.05) is 18.2 Å². The Morgan fingerprint density at radius 1 is 1.17 bits per heavy atom. The summed E-state index contributed by atoms with van der Waals surface area (Å²) in [6.07, 6.45) is 0. The number of aromatic nitrogens is 1. The number of carbonyl (C=O) groups is 1. The molecule has 2 aromatic carbocycles. The number of amides is 1. The molecule has 1 heterocycles. The molecule has 0 aliphatic carbocycles. The zero-order chi connectivity index (χ0) is 17.1. The van der Waals surface area contributed by atoms with Gasteiger partial charge in [0.05, 0.1) is 12.8 Å². The molecule has 3 aromatic rings. The van der Waals surface area contributed by atoms with Crippen LogP contribution in [0.2, 0.25) is 0 Å². The molecule has 3 rings (SSSR count). The number of hydrazone groups is 1. The van der Waals surface area contributed by atoms with Gasteiger partial charge in [0, 0.05) is 10.9 Å². The van der Waals surface area contributed by atoms with Crippen molar-refractivity contribution in [1.29, 1.82) is 0 Å². The quantitative estimate of drug-likeness (QED) is 0.570. The smallest absolute Gasteiger partial charge is 0.287 e. The molecule has 0 saturated carbocycles. The average Bonchev–Trinajstić information content (AvgIpc) is 3.03. The largest absolute Gasteiger partial charge is 0.497 e. The van der Waals surface area contributed by atoms with Gasteiger partial charge in [0.15, 0.2) is 0 Å². The topological polar surface area (TPSA) is 66.5 Å². The summed E-state index contributed by atoms with van der Waals surface area (Å²) in [7, 11) is 1.59. The summed E-state index contributed by atoms with van der Waals surface area (Å²) >= 11 is 0. The van der Waals surface area contributed by atoms with Gasteiger partial charge in [-0.3, -0.25) is 4.79 Å². The van der Waals surface area contributed by atoms with Crippen molar-refractivity contribution in [2.75, 3.05) is 7.11 Å². The fourth-order valence-corrected chi connectivity index (χ4v) is 2.31. The van der Waals surface area contributed by atoms with Gasteiger partial charge in [-0.1, -0.05) is 12.1 Å². The number of nitrogens with one attached hydrogen (secondary N) is 2. The van der Waals surface area contributed by atoms with E-state index in [0.29, 0.717) is 11.4 Å². The number of aromatic amines is 1. The van der Waals surface area contributed by atoms with Gasteiger partial charge in [0.2, 0.25) is 0 Å². The van der Waals surface area contributed by atoms with Gasteiger partial charge in [-0.25, -0.2) is 9.82 Å². The third kappa shape index (κ3) is 3.27. The van der Waals surface area contributed by atoms with Crippen molar-refractivity contribution >= 4 is 22.5 Å². The molecular weight excluding hydrogens is 309 g/mol. The minimum Gasteiger partial charge on any atom is -0.497 e. The molecule has 1 amide bonds. The molecule has 0 aliphatic heterocycles. The first-order valence-electron chi connectivity index (χ1n) is 7.34. The minimum atomic E-state index is -0.355. The molecule has 6 heteroatoms. The standard InChI is InChI=1S/C18H16FN3O2/c1-11(12-3-5-14(19)6-4-12)21-22-18(23)17-10-13-9-15(24-2)7-8-16(13)20-17/h3-10,20H,1-2H3,(H,22,23)/b21-11-. The number of fused-ring (bicyclic) bond motifs is 1. The van der Waals surface area contributed by atoms with E-state index in [-0.39, 0.29) is 11.7 Å². The Kier molecular flexibility index (Phi) is 4.29. The van der Waals surface area contributed by atoms with Gasteiger partial charge in [-0.15, -0.1) is 0 Å². The maximum atomic E-state index is 12.9. The van der Waals surface area contributed by atoms with E-state index in [4.69, 9.17) is 4.74 Å². The van der Waals surface area contributed by atoms with Crippen LogP contribution in [0.15, 0.2) is 53.6 Å². The molecule has 0 atom stereocenters. The number of methoxy groups -OCH3 is 1. The van der Waals surface area contributed by atoms with Crippen LogP contribution in [-0.2, 0) is 0 Å². The number of hydrogen-bond donors (Lipinski definition) is 2. The second-order valence-electron chi connectivity index (χ2n) is 5.28. The fraction of sp³-hybridized carbons (Fsp3) is 0.111. The van der Waals surface area contributed by atoms with Crippen LogP contribution >= 0.6 is 0 Å². The van der Waals surface area contributed by atoms with Crippen LogP contribution < -0.4 is 10.2 Å². The molecular formula is C18H16FN3O2. The molecule has 2 N–H and O–H groups in total. The molecule has 0 unspecified atom stereocenters. The number of halogens is 1. The minimum absolute atomic E-state index is 0.316. The molecule has 0 radical (unpaired) electrons. The van der Waals surface area contributed by atoms with Crippen LogP contribution in [0.5, 0.6) is 5.75 Å². The number of carbonyl (C=O) groups excluding carboxylic acids is 1. The van der Waals surface area contributed by atoms with Crippen molar-refractivity contribution in [2.24, 2.45) is 5.10 Å². The lowest BCUT2D eigenvalue weighted by Gasteiger charge is -2.02. The Hall–Kier alpha value is -3.15. The molecule has 0 spiro atoms. The normalized spacial score (nSPS) is 11.5. The van der Waals surface area contributed by atoms with Gasteiger partial charge >= 0.3 is 0 Å². The molecule has 5 nitrogen and oxygen atoms in total. The summed E-state index contributed by atoms with van der Waals surface area (Å²) < 4.78 is 18.1. The molecule has 0 bridgehead atoms. The van der Waals surface area contributed by atoms with Gasteiger partial charge in [0.25, 0.3) is 5.91 Å². The highest BCUT2D eigenvalue weighted by Gasteiger charge is 2.10. The van der Waals surface area contributed by atoms with Gasteiger partial charge in [-0.05, 0) is 48.9 Å². The SMILES string of the molecule is COc1ccc2[nH]c(C(=O)N/N=C(/C)c3ccc(F)cc3)cc2c1. The van der Waals surface area contributed by atoms with E-state index in [1.165, 1.54) is 12.1 Å². The van der Waals surface area contributed by atoms with Gasteiger partial charge in [0.1, 0.15) is 17.3 Å². The summed E-state index contributed by atoms with van der Waals surface area (Å²) in [6.45, 7) is 1.74. The predicted octanol–water partition coefficient (Wildman–Crippen LogP) is 3.47. The summed E-state index contributed by atoms with van der Waals surface area (Å²) in [5.74, 6) is 0.0503. The van der Waals surface area contributed by atoms with Crippen LogP contribution in [0.25, 0.3) is 10.9 Å². The fourth-order valence-electron chi connectivity index (χ4n) is 2.31. The Morgan fingerprint density at radius 2 is 1.92 bits per heavy atom. The van der Waals surface area contributed by atoms with Crippen LogP contribution in [0.3, 0.4) is 0 Å². The third-order valence-corrected chi connectivity index (χ3v) is 3.66.